The van der Waals surface area contributed by atoms with Crippen LogP contribution in [0.4, 0.5) is 0 Å². The van der Waals surface area contributed by atoms with E-state index in [1.165, 1.54) is 5.57 Å². The van der Waals surface area contributed by atoms with Crippen LogP contribution < -0.4 is 5.32 Å². The second kappa shape index (κ2) is 18.5. The van der Waals surface area contributed by atoms with Crippen molar-refractivity contribution in [3.8, 4) is 0 Å². The highest BCUT2D eigenvalue weighted by molar-refractivity contribution is 6.03. The summed E-state index contributed by atoms with van der Waals surface area (Å²) in [6.45, 7) is 19.4. The SMILES string of the molecule is C=C(CC(CC)C(=C)CC(C)CC)C(C)CCC(=O)CCC(NC(=O)c1ccc(CCc2ccc3c(c2)C(=O)CC(C)=C3)cc1)C(=O)O. The van der Waals surface area contributed by atoms with Gasteiger partial charge in [0.05, 0.1) is 0 Å². The van der Waals surface area contributed by atoms with Gasteiger partial charge >= 0.3 is 5.97 Å². The number of Topliss-reactive ketones (excluding diaryl/α,β-unsaturated/α-hetero) is 2. The number of aryl methyl sites for hydroxylation is 2. The molecule has 1 aliphatic carbocycles. The number of carbonyl (C=O) groups excluding carboxylic acids is 3. The summed E-state index contributed by atoms with van der Waals surface area (Å²) in [7, 11) is 0. The van der Waals surface area contributed by atoms with Crippen molar-refractivity contribution in [1.82, 2.24) is 5.32 Å². The number of carboxylic acid groups (broad SMARTS) is 1. The average Bonchev–Trinajstić information content (AvgIpc) is 3.06. The Bertz CT molecular complexity index is 1510. The third kappa shape index (κ3) is 11.6. The molecule has 2 N–H and O–H groups in total. The lowest BCUT2D eigenvalue weighted by Gasteiger charge is -2.24. The van der Waals surface area contributed by atoms with E-state index in [1.807, 2.05) is 37.3 Å². The van der Waals surface area contributed by atoms with Crippen LogP contribution in [-0.4, -0.2) is 34.6 Å². The van der Waals surface area contributed by atoms with Crippen molar-refractivity contribution in [2.24, 2.45) is 17.8 Å². The summed E-state index contributed by atoms with van der Waals surface area (Å²) in [5.74, 6) is -0.304. The minimum Gasteiger partial charge on any atom is -0.480 e. The Balaban J connectivity index is 1.44. The molecule has 0 radical (unpaired) electrons. The number of aliphatic carboxylic acids is 1. The maximum absolute atomic E-state index is 12.9. The van der Waals surface area contributed by atoms with Gasteiger partial charge in [0.25, 0.3) is 5.91 Å². The van der Waals surface area contributed by atoms with Gasteiger partial charge in [0.2, 0.25) is 0 Å². The van der Waals surface area contributed by atoms with Crippen LogP contribution >= 0.6 is 0 Å². The molecule has 0 saturated heterocycles. The van der Waals surface area contributed by atoms with Gasteiger partial charge in [-0.15, -0.1) is 0 Å². The highest BCUT2D eigenvalue weighted by Gasteiger charge is 2.23. The third-order valence-electron chi connectivity index (χ3n) is 9.93. The average molecular weight is 654 g/mol. The molecule has 2 aromatic carbocycles. The van der Waals surface area contributed by atoms with Gasteiger partial charge in [0.15, 0.2) is 5.78 Å². The molecule has 4 atom stereocenters. The van der Waals surface area contributed by atoms with E-state index < -0.39 is 17.9 Å². The molecule has 0 heterocycles. The molecule has 0 fully saturated rings. The minimum atomic E-state index is -1.16. The first-order valence-electron chi connectivity index (χ1n) is 17.6. The van der Waals surface area contributed by atoms with Crippen LogP contribution in [0.2, 0.25) is 0 Å². The number of hydrogen-bond acceptors (Lipinski definition) is 4. The monoisotopic (exact) mass is 653 g/mol. The number of carbonyl (C=O) groups is 4. The first-order valence-corrected chi connectivity index (χ1v) is 17.6. The number of amides is 1. The zero-order valence-corrected chi connectivity index (χ0v) is 29.7. The Morgan fingerprint density at radius 1 is 0.875 bits per heavy atom. The molecule has 0 spiro atoms. The molecule has 6 nitrogen and oxygen atoms in total. The Hall–Kier alpha value is -4.06. The van der Waals surface area contributed by atoms with E-state index in [2.05, 4.69) is 52.2 Å². The summed E-state index contributed by atoms with van der Waals surface area (Å²) in [6.07, 6.45) is 9.23. The largest absolute Gasteiger partial charge is 0.480 e. The van der Waals surface area contributed by atoms with E-state index in [1.54, 1.807) is 12.1 Å². The lowest BCUT2D eigenvalue weighted by molar-refractivity contribution is -0.139. The second-order valence-corrected chi connectivity index (χ2v) is 13.9. The normalized spacial score (nSPS) is 15.0. The lowest BCUT2D eigenvalue weighted by atomic mass is 9.82. The minimum absolute atomic E-state index is 0.0115. The summed E-state index contributed by atoms with van der Waals surface area (Å²) in [5, 5.41) is 12.3. The van der Waals surface area contributed by atoms with Gasteiger partial charge in [0, 0.05) is 30.4 Å². The number of nitrogens with one attached hydrogen (secondary N) is 1. The first-order chi connectivity index (χ1) is 22.8. The lowest BCUT2D eigenvalue weighted by Crippen LogP contribution is -2.41. The zero-order valence-electron chi connectivity index (χ0n) is 29.7. The quantitative estimate of drug-likeness (QED) is 0.139. The van der Waals surface area contributed by atoms with E-state index in [4.69, 9.17) is 0 Å². The van der Waals surface area contributed by atoms with Crippen LogP contribution in [0.5, 0.6) is 0 Å². The molecule has 0 aromatic heterocycles. The summed E-state index contributed by atoms with van der Waals surface area (Å²) < 4.78 is 0. The fourth-order valence-electron chi connectivity index (χ4n) is 6.27. The van der Waals surface area contributed by atoms with Crippen LogP contribution in [0.3, 0.4) is 0 Å². The maximum atomic E-state index is 12.9. The Morgan fingerprint density at radius 3 is 2.17 bits per heavy atom. The van der Waals surface area contributed by atoms with Crippen LogP contribution in [0, 0.1) is 17.8 Å². The van der Waals surface area contributed by atoms with Crippen molar-refractivity contribution in [3.63, 3.8) is 0 Å². The molecule has 4 unspecified atom stereocenters. The summed E-state index contributed by atoms with van der Waals surface area (Å²) in [4.78, 5) is 50.0. The number of ketones is 2. The summed E-state index contributed by atoms with van der Waals surface area (Å²) in [6, 6.07) is 12.0. The van der Waals surface area contributed by atoms with E-state index in [0.717, 1.165) is 71.9 Å². The Morgan fingerprint density at radius 2 is 1.52 bits per heavy atom. The number of fused-ring (bicyclic) bond motifs is 1. The molecule has 1 amide bonds. The molecule has 1 aliphatic rings. The van der Waals surface area contributed by atoms with Crippen LogP contribution in [-0.2, 0) is 22.4 Å². The second-order valence-electron chi connectivity index (χ2n) is 13.9. The zero-order chi connectivity index (χ0) is 35.4. The van der Waals surface area contributed by atoms with Crippen molar-refractivity contribution in [1.29, 1.82) is 0 Å². The fraction of sp³-hybridized carbons (Fsp3) is 0.476. The number of rotatable bonds is 20. The molecular weight excluding hydrogens is 598 g/mol. The molecule has 3 rings (SSSR count). The van der Waals surface area contributed by atoms with E-state index >= 15 is 0 Å². The number of benzene rings is 2. The van der Waals surface area contributed by atoms with Crippen molar-refractivity contribution < 1.29 is 24.3 Å². The van der Waals surface area contributed by atoms with Crippen LogP contribution in [0.1, 0.15) is 130 Å². The molecular formula is C42H55NO5. The smallest absolute Gasteiger partial charge is 0.326 e. The van der Waals surface area contributed by atoms with Gasteiger partial charge in [-0.3, -0.25) is 14.4 Å². The third-order valence-corrected chi connectivity index (χ3v) is 9.93. The molecule has 258 valence electrons. The Labute approximate surface area is 287 Å². The highest BCUT2D eigenvalue weighted by atomic mass is 16.4. The van der Waals surface area contributed by atoms with E-state index in [0.29, 0.717) is 36.7 Å². The predicted octanol–water partition coefficient (Wildman–Crippen LogP) is 9.38. The molecule has 0 aliphatic heterocycles. The molecule has 6 heteroatoms. The van der Waals surface area contributed by atoms with Crippen LogP contribution in [0.15, 0.2) is 72.3 Å². The van der Waals surface area contributed by atoms with Gasteiger partial charge in [-0.1, -0.05) is 94.3 Å². The van der Waals surface area contributed by atoms with Crippen molar-refractivity contribution in [2.45, 2.75) is 111 Å². The molecule has 0 bridgehead atoms. The van der Waals surface area contributed by atoms with Crippen molar-refractivity contribution in [2.75, 3.05) is 0 Å². The number of allylic oxidation sites excluding steroid dienone is 3. The van der Waals surface area contributed by atoms with Crippen molar-refractivity contribution >= 4 is 29.5 Å². The van der Waals surface area contributed by atoms with Gasteiger partial charge < -0.3 is 10.4 Å². The number of hydrogen-bond donors (Lipinski definition) is 2. The highest BCUT2D eigenvalue weighted by Crippen LogP contribution is 2.31. The van der Waals surface area contributed by atoms with Gasteiger partial charge in [0.1, 0.15) is 11.8 Å². The first kappa shape index (κ1) is 38.4. The molecule has 2 aromatic rings. The van der Waals surface area contributed by atoms with E-state index in [9.17, 15) is 24.3 Å². The van der Waals surface area contributed by atoms with Gasteiger partial charge in [-0.05, 0) is 105 Å². The van der Waals surface area contributed by atoms with Gasteiger partial charge in [-0.2, -0.15) is 0 Å². The van der Waals surface area contributed by atoms with Gasteiger partial charge in [-0.25, -0.2) is 4.79 Å². The summed E-state index contributed by atoms with van der Waals surface area (Å²) >= 11 is 0. The maximum Gasteiger partial charge on any atom is 0.326 e. The fourth-order valence-corrected chi connectivity index (χ4v) is 6.27. The topological polar surface area (TPSA) is 101 Å². The molecule has 48 heavy (non-hydrogen) atoms. The van der Waals surface area contributed by atoms with Crippen molar-refractivity contribution in [3.05, 3.63) is 100 Å². The predicted molar refractivity (Wildman–Crippen MR) is 195 cm³/mol. The Kier molecular flexibility index (Phi) is 14.8. The number of carboxylic acids is 1. The standard InChI is InChI=1S/C42H55NO5/c1-8-27(3)22-31(7)34(9-2)25-30(6)29(5)10-19-37(44)20-21-39(42(47)48)43-41(46)35-16-13-32(14-17-35)11-12-33-15-18-36-23-28(4)24-40(45)38(36)26-33/h13-18,23,26-27,29,34,39H,6-12,19-22,24-25H2,1-5H3,(H,43,46)(H,47,48). The molecule has 0 saturated carbocycles. The van der Waals surface area contributed by atoms with E-state index in [-0.39, 0.29) is 30.3 Å². The van der Waals surface area contributed by atoms with Crippen LogP contribution in [0.25, 0.3) is 6.08 Å². The summed E-state index contributed by atoms with van der Waals surface area (Å²) in [5.41, 5.74) is 7.71.